The number of rotatable bonds is 6. The van der Waals surface area contributed by atoms with Crippen molar-refractivity contribution in [1.82, 2.24) is 5.32 Å². The highest BCUT2D eigenvalue weighted by Gasteiger charge is 2.04. The van der Waals surface area contributed by atoms with E-state index in [0.717, 1.165) is 36.3 Å². The van der Waals surface area contributed by atoms with Gasteiger partial charge in [-0.2, -0.15) is 0 Å². The van der Waals surface area contributed by atoms with Crippen LogP contribution in [0.5, 0.6) is 0 Å². The highest BCUT2D eigenvalue weighted by atomic mass is 16.3. The van der Waals surface area contributed by atoms with E-state index in [1.54, 1.807) is 6.26 Å². The maximum absolute atomic E-state index is 11.6. The predicted molar refractivity (Wildman–Crippen MR) is 75.8 cm³/mol. The summed E-state index contributed by atoms with van der Waals surface area (Å²) in [7, 11) is 0. The van der Waals surface area contributed by atoms with E-state index in [1.165, 1.54) is 0 Å². The first-order valence-electron chi connectivity index (χ1n) is 6.69. The molecule has 2 aromatic rings. The molecule has 1 aromatic carbocycles. The summed E-state index contributed by atoms with van der Waals surface area (Å²) in [6.45, 7) is 2.80. The monoisotopic (exact) mass is 257 g/mol. The lowest BCUT2D eigenvalue weighted by molar-refractivity contribution is -0.121. The van der Waals surface area contributed by atoms with Crippen LogP contribution >= 0.6 is 0 Å². The molecule has 0 spiro atoms. The number of hydrogen-bond donors (Lipinski definition) is 1. The Bertz CT molecular complexity index is 517. The predicted octanol–water partition coefficient (Wildman–Crippen LogP) is 3.41. The number of carbonyl (C=O) groups excluding carboxylic acids is 1. The average Bonchev–Trinajstić information content (AvgIpc) is 2.97. The normalized spacial score (nSPS) is 10.4. The fraction of sp³-hybridized carbons (Fsp3) is 0.312. The van der Waals surface area contributed by atoms with Crippen molar-refractivity contribution in [3.8, 4) is 11.3 Å². The number of aryl methyl sites for hydroxylation is 1. The van der Waals surface area contributed by atoms with Crippen LogP contribution in [0.4, 0.5) is 0 Å². The molecule has 19 heavy (non-hydrogen) atoms. The largest absolute Gasteiger partial charge is 0.464 e. The van der Waals surface area contributed by atoms with Crippen molar-refractivity contribution in [3.63, 3.8) is 0 Å². The number of benzene rings is 1. The molecule has 0 atom stereocenters. The van der Waals surface area contributed by atoms with Crippen LogP contribution in [0.3, 0.4) is 0 Å². The summed E-state index contributed by atoms with van der Waals surface area (Å²) >= 11 is 0. The van der Waals surface area contributed by atoms with E-state index < -0.39 is 0 Å². The van der Waals surface area contributed by atoms with Crippen molar-refractivity contribution in [2.75, 3.05) is 6.54 Å². The lowest BCUT2D eigenvalue weighted by Crippen LogP contribution is -2.24. The van der Waals surface area contributed by atoms with Gasteiger partial charge in [-0.05, 0) is 36.6 Å². The minimum atomic E-state index is 0.116. The van der Waals surface area contributed by atoms with Crippen LogP contribution in [0.25, 0.3) is 11.3 Å². The second-order valence-electron chi connectivity index (χ2n) is 4.53. The highest BCUT2D eigenvalue weighted by Crippen LogP contribution is 2.21. The number of nitrogens with one attached hydrogen (secondary N) is 1. The molecule has 0 aliphatic heterocycles. The quantitative estimate of drug-likeness (QED) is 0.861. The van der Waals surface area contributed by atoms with E-state index in [2.05, 4.69) is 11.4 Å². The van der Waals surface area contributed by atoms with Gasteiger partial charge in [-0.25, -0.2) is 0 Å². The van der Waals surface area contributed by atoms with Gasteiger partial charge in [0.05, 0.1) is 6.26 Å². The number of hydrogen-bond acceptors (Lipinski definition) is 2. The molecule has 0 radical (unpaired) electrons. The summed E-state index contributed by atoms with van der Waals surface area (Å²) < 4.78 is 5.37. The Kier molecular flexibility index (Phi) is 4.78. The smallest absolute Gasteiger partial charge is 0.220 e. The van der Waals surface area contributed by atoms with Crippen molar-refractivity contribution in [1.29, 1.82) is 0 Å². The summed E-state index contributed by atoms with van der Waals surface area (Å²) in [6, 6.07) is 11.9. The minimum absolute atomic E-state index is 0.116. The highest BCUT2D eigenvalue weighted by molar-refractivity contribution is 5.76. The van der Waals surface area contributed by atoms with Crippen LogP contribution in [-0.2, 0) is 11.2 Å². The van der Waals surface area contributed by atoms with Gasteiger partial charge in [0.2, 0.25) is 5.91 Å². The Hall–Kier alpha value is -2.03. The van der Waals surface area contributed by atoms with E-state index in [9.17, 15) is 4.79 Å². The van der Waals surface area contributed by atoms with Gasteiger partial charge < -0.3 is 9.73 Å². The van der Waals surface area contributed by atoms with E-state index in [1.807, 2.05) is 37.3 Å². The van der Waals surface area contributed by atoms with E-state index >= 15 is 0 Å². The molecule has 0 saturated heterocycles. The number of amides is 1. The van der Waals surface area contributed by atoms with Crippen LogP contribution in [-0.4, -0.2) is 12.5 Å². The summed E-state index contributed by atoms with van der Waals surface area (Å²) in [5.41, 5.74) is 2.21. The van der Waals surface area contributed by atoms with Crippen LogP contribution < -0.4 is 5.32 Å². The van der Waals surface area contributed by atoms with Gasteiger partial charge >= 0.3 is 0 Å². The first kappa shape index (κ1) is 13.4. The fourth-order valence-electron chi connectivity index (χ4n) is 1.93. The van der Waals surface area contributed by atoms with Gasteiger partial charge in [-0.1, -0.05) is 25.1 Å². The van der Waals surface area contributed by atoms with Crippen LogP contribution in [0.2, 0.25) is 0 Å². The Balaban J connectivity index is 1.94. The van der Waals surface area contributed by atoms with Crippen molar-refractivity contribution < 1.29 is 9.21 Å². The third-order valence-corrected chi connectivity index (χ3v) is 2.95. The van der Waals surface area contributed by atoms with E-state index in [0.29, 0.717) is 6.42 Å². The molecule has 3 heteroatoms. The fourth-order valence-corrected chi connectivity index (χ4v) is 1.93. The van der Waals surface area contributed by atoms with Crippen LogP contribution in [0.15, 0.2) is 47.1 Å². The zero-order chi connectivity index (χ0) is 13.5. The molecule has 100 valence electrons. The van der Waals surface area contributed by atoms with Gasteiger partial charge in [-0.3, -0.25) is 4.79 Å². The molecule has 0 unspecified atom stereocenters. The first-order chi connectivity index (χ1) is 9.29. The molecule has 1 heterocycles. The summed E-state index contributed by atoms with van der Waals surface area (Å²) in [6.07, 6.45) is 3.92. The lowest BCUT2D eigenvalue weighted by atomic mass is 10.0. The average molecular weight is 257 g/mol. The van der Waals surface area contributed by atoms with Gasteiger partial charge in [0.15, 0.2) is 0 Å². The molecule has 3 nitrogen and oxygen atoms in total. The maximum Gasteiger partial charge on any atom is 0.220 e. The van der Waals surface area contributed by atoms with Crippen molar-refractivity contribution in [2.45, 2.75) is 26.2 Å². The molecule has 0 aliphatic rings. The first-order valence-corrected chi connectivity index (χ1v) is 6.69. The third kappa shape index (κ3) is 3.98. The third-order valence-electron chi connectivity index (χ3n) is 2.95. The molecule has 0 saturated carbocycles. The number of carbonyl (C=O) groups is 1. The van der Waals surface area contributed by atoms with Gasteiger partial charge in [-0.15, -0.1) is 0 Å². The Morgan fingerprint density at radius 2 is 2.16 bits per heavy atom. The summed E-state index contributed by atoms with van der Waals surface area (Å²) in [5.74, 6) is 0.975. The van der Waals surface area contributed by atoms with Crippen molar-refractivity contribution >= 4 is 5.91 Å². The summed E-state index contributed by atoms with van der Waals surface area (Å²) in [4.78, 5) is 11.6. The maximum atomic E-state index is 11.6. The molecule has 0 aliphatic carbocycles. The minimum Gasteiger partial charge on any atom is -0.464 e. The van der Waals surface area contributed by atoms with Crippen LogP contribution in [0, 0.1) is 0 Å². The van der Waals surface area contributed by atoms with Gasteiger partial charge in [0.1, 0.15) is 5.76 Å². The molecular formula is C16H19NO2. The van der Waals surface area contributed by atoms with E-state index in [-0.39, 0.29) is 5.91 Å². The molecule has 0 bridgehead atoms. The zero-order valence-electron chi connectivity index (χ0n) is 11.2. The number of furan rings is 1. The lowest BCUT2D eigenvalue weighted by Gasteiger charge is -2.05. The van der Waals surface area contributed by atoms with E-state index in [4.69, 9.17) is 4.42 Å². The second kappa shape index (κ2) is 6.78. The standard InChI is InChI=1S/C16H19NO2/c1-2-10-17-16(18)9-8-13-5-3-6-14(12-13)15-7-4-11-19-15/h3-7,11-12H,2,8-10H2,1H3,(H,17,18). The van der Waals surface area contributed by atoms with Gasteiger partial charge in [0, 0.05) is 18.5 Å². The van der Waals surface area contributed by atoms with Crippen molar-refractivity contribution in [3.05, 3.63) is 48.2 Å². The zero-order valence-corrected chi connectivity index (χ0v) is 11.2. The SMILES string of the molecule is CCCNC(=O)CCc1cccc(-c2ccco2)c1. The Labute approximate surface area is 113 Å². The molecule has 1 N–H and O–H groups in total. The van der Waals surface area contributed by atoms with Gasteiger partial charge in [0.25, 0.3) is 0 Å². The van der Waals surface area contributed by atoms with Crippen LogP contribution in [0.1, 0.15) is 25.3 Å². The molecule has 1 amide bonds. The Morgan fingerprint density at radius 1 is 1.26 bits per heavy atom. The molecule has 1 aromatic heterocycles. The molecular weight excluding hydrogens is 238 g/mol. The molecule has 0 fully saturated rings. The second-order valence-corrected chi connectivity index (χ2v) is 4.53. The molecule has 2 rings (SSSR count). The Morgan fingerprint density at radius 3 is 2.89 bits per heavy atom. The topological polar surface area (TPSA) is 42.2 Å². The summed E-state index contributed by atoms with van der Waals surface area (Å²) in [5, 5.41) is 2.89. The van der Waals surface area contributed by atoms with Crippen molar-refractivity contribution in [2.24, 2.45) is 0 Å².